The molecule has 1 amide bonds. The lowest BCUT2D eigenvalue weighted by molar-refractivity contribution is 0.102. The summed E-state index contributed by atoms with van der Waals surface area (Å²) in [7, 11) is -3.51. The average molecular weight is 383 g/mol. The van der Waals surface area contributed by atoms with Crippen LogP contribution in [0.3, 0.4) is 0 Å². The van der Waals surface area contributed by atoms with Crippen molar-refractivity contribution in [3.63, 3.8) is 0 Å². The Morgan fingerprint density at radius 2 is 1.81 bits per heavy atom. The number of carbonyl (C=O) groups is 1. The Morgan fingerprint density at radius 3 is 2.44 bits per heavy atom. The summed E-state index contributed by atoms with van der Waals surface area (Å²) < 4.78 is 27.0. The van der Waals surface area contributed by atoms with Crippen LogP contribution in [0.1, 0.15) is 35.7 Å². The molecule has 0 bridgehead atoms. The van der Waals surface area contributed by atoms with E-state index in [9.17, 15) is 13.2 Å². The van der Waals surface area contributed by atoms with Gasteiger partial charge < -0.3 is 5.32 Å². The second-order valence-electron chi connectivity index (χ2n) is 6.76. The van der Waals surface area contributed by atoms with Gasteiger partial charge in [0.2, 0.25) is 10.0 Å². The molecule has 1 N–H and O–H groups in total. The summed E-state index contributed by atoms with van der Waals surface area (Å²) in [5, 5.41) is 11.6. The number of sulfonamides is 1. The molecule has 140 valence electrons. The van der Waals surface area contributed by atoms with Crippen molar-refractivity contribution in [3.05, 3.63) is 59.7 Å². The molecule has 1 fully saturated rings. The highest BCUT2D eigenvalue weighted by Crippen LogP contribution is 2.24. The summed E-state index contributed by atoms with van der Waals surface area (Å²) in [5.41, 5.74) is 1.27. The second kappa shape index (κ2) is 7.91. The zero-order valence-corrected chi connectivity index (χ0v) is 15.9. The summed E-state index contributed by atoms with van der Waals surface area (Å²) in [4.78, 5) is 12.5. The number of nitriles is 1. The number of benzene rings is 2. The van der Waals surface area contributed by atoms with Gasteiger partial charge in [0, 0.05) is 24.3 Å². The van der Waals surface area contributed by atoms with Gasteiger partial charge in [0.05, 0.1) is 16.5 Å². The molecule has 1 aliphatic rings. The van der Waals surface area contributed by atoms with Crippen molar-refractivity contribution in [2.75, 3.05) is 18.4 Å². The van der Waals surface area contributed by atoms with Crippen molar-refractivity contribution in [1.29, 1.82) is 5.26 Å². The summed E-state index contributed by atoms with van der Waals surface area (Å²) in [6.07, 6.45) is 1.74. The van der Waals surface area contributed by atoms with E-state index < -0.39 is 10.0 Å². The SMILES string of the molecule is CC1CCN(S(=O)(=O)c2ccc(NC(=O)c3cccc(C#N)c3)cc2)CC1. The lowest BCUT2D eigenvalue weighted by Gasteiger charge is -2.29. The number of rotatable bonds is 4. The van der Waals surface area contributed by atoms with Crippen LogP contribution in [0.15, 0.2) is 53.4 Å². The molecule has 1 heterocycles. The third kappa shape index (κ3) is 4.35. The first-order valence-electron chi connectivity index (χ1n) is 8.82. The molecule has 0 aromatic heterocycles. The minimum atomic E-state index is -3.51. The maximum atomic E-state index is 12.7. The second-order valence-corrected chi connectivity index (χ2v) is 8.70. The van der Waals surface area contributed by atoms with Crippen molar-refractivity contribution in [2.45, 2.75) is 24.7 Å². The smallest absolute Gasteiger partial charge is 0.255 e. The van der Waals surface area contributed by atoms with Crippen molar-refractivity contribution >= 4 is 21.6 Å². The number of carbonyl (C=O) groups excluding carboxylic acids is 1. The molecule has 0 aliphatic carbocycles. The van der Waals surface area contributed by atoms with Crippen LogP contribution in [0.5, 0.6) is 0 Å². The third-order valence-corrected chi connectivity index (χ3v) is 6.66. The van der Waals surface area contributed by atoms with E-state index in [0.29, 0.717) is 35.8 Å². The van der Waals surface area contributed by atoms with Gasteiger partial charge in [0.15, 0.2) is 0 Å². The monoisotopic (exact) mass is 383 g/mol. The largest absolute Gasteiger partial charge is 0.322 e. The van der Waals surface area contributed by atoms with E-state index in [2.05, 4.69) is 12.2 Å². The maximum Gasteiger partial charge on any atom is 0.255 e. The first-order chi connectivity index (χ1) is 12.9. The van der Waals surface area contributed by atoms with E-state index in [4.69, 9.17) is 5.26 Å². The number of nitrogens with one attached hydrogen (secondary N) is 1. The van der Waals surface area contributed by atoms with Gasteiger partial charge >= 0.3 is 0 Å². The third-order valence-electron chi connectivity index (χ3n) is 4.75. The van der Waals surface area contributed by atoms with E-state index in [0.717, 1.165) is 12.8 Å². The summed E-state index contributed by atoms with van der Waals surface area (Å²) in [6.45, 7) is 3.21. The van der Waals surface area contributed by atoms with Crippen LogP contribution in [0.25, 0.3) is 0 Å². The minimum absolute atomic E-state index is 0.224. The molecule has 1 aliphatic heterocycles. The fourth-order valence-corrected chi connectivity index (χ4v) is 4.49. The zero-order valence-electron chi connectivity index (χ0n) is 15.1. The molecule has 0 unspecified atom stereocenters. The van der Waals surface area contributed by atoms with Crippen LogP contribution >= 0.6 is 0 Å². The van der Waals surface area contributed by atoms with Gasteiger partial charge in [-0.25, -0.2) is 8.42 Å². The molecular formula is C20H21N3O3S. The Morgan fingerprint density at radius 1 is 1.15 bits per heavy atom. The topological polar surface area (TPSA) is 90.3 Å². The van der Waals surface area contributed by atoms with Gasteiger partial charge in [-0.15, -0.1) is 0 Å². The zero-order chi connectivity index (χ0) is 19.4. The number of amides is 1. The normalized spacial score (nSPS) is 15.9. The number of anilines is 1. The molecule has 3 rings (SSSR count). The van der Waals surface area contributed by atoms with Gasteiger partial charge in [-0.3, -0.25) is 4.79 Å². The molecule has 1 saturated heterocycles. The van der Waals surface area contributed by atoms with Crippen LogP contribution in [-0.4, -0.2) is 31.7 Å². The highest BCUT2D eigenvalue weighted by molar-refractivity contribution is 7.89. The number of hydrogen-bond acceptors (Lipinski definition) is 4. The highest BCUT2D eigenvalue weighted by Gasteiger charge is 2.27. The lowest BCUT2D eigenvalue weighted by atomic mass is 10.0. The van der Waals surface area contributed by atoms with E-state index >= 15 is 0 Å². The number of piperidine rings is 1. The molecule has 0 atom stereocenters. The van der Waals surface area contributed by atoms with Crippen LogP contribution < -0.4 is 5.32 Å². The quantitative estimate of drug-likeness (QED) is 0.878. The molecular weight excluding hydrogens is 362 g/mol. The Kier molecular flexibility index (Phi) is 5.59. The van der Waals surface area contributed by atoms with E-state index in [-0.39, 0.29) is 10.8 Å². The van der Waals surface area contributed by atoms with Crippen LogP contribution in [0, 0.1) is 17.2 Å². The lowest BCUT2D eigenvalue weighted by Crippen LogP contribution is -2.37. The Labute approximate surface area is 159 Å². The molecule has 27 heavy (non-hydrogen) atoms. The summed E-state index contributed by atoms with van der Waals surface area (Å²) in [6, 6.07) is 14.5. The van der Waals surface area contributed by atoms with E-state index in [1.807, 2.05) is 6.07 Å². The maximum absolute atomic E-state index is 12.7. The summed E-state index contributed by atoms with van der Waals surface area (Å²) >= 11 is 0. The predicted molar refractivity (Wildman–Crippen MR) is 103 cm³/mol. The molecule has 6 nitrogen and oxygen atoms in total. The summed E-state index contributed by atoms with van der Waals surface area (Å²) in [5.74, 6) is 0.196. The van der Waals surface area contributed by atoms with E-state index in [1.54, 1.807) is 30.3 Å². The van der Waals surface area contributed by atoms with Crippen LogP contribution in [0.2, 0.25) is 0 Å². The van der Waals surface area contributed by atoms with Gasteiger partial charge in [-0.05, 0) is 61.2 Å². The van der Waals surface area contributed by atoms with Crippen molar-refractivity contribution < 1.29 is 13.2 Å². The Balaban J connectivity index is 1.71. The first kappa shape index (κ1) is 19.1. The Bertz CT molecular complexity index is 970. The molecule has 0 radical (unpaired) electrons. The van der Waals surface area contributed by atoms with Gasteiger partial charge in [0.25, 0.3) is 5.91 Å². The fourth-order valence-electron chi connectivity index (χ4n) is 3.02. The molecule has 2 aromatic rings. The standard InChI is InChI=1S/C20H21N3O3S/c1-15-9-11-23(12-10-15)27(25,26)19-7-5-18(6-8-19)22-20(24)17-4-2-3-16(13-17)14-21/h2-8,13,15H,9-12H2,1H3,(H,22,24). The van der Waals surface area contributed by atoms with Crippen LogP contribution in [-0.2, 0) is 10.0 Å². The van der Waals surface area contributed by atoms with Crippen LogP contribution in [0.4, 0.5) is 5.69 Å². The molecule has 2 aromatic carbocycles. The van der Waals surface area contributed by atoms with Gasteiger partial charge in [-0.2, -0.15) is 9.57 Å². The highest BCUT2D eigenvalue weighted by atomic mass is 32.2. The first-order valence-corrected chi connectivity index (χ1v) is 10.3. The predicted octanol–water partition coefficient (Wildman–Crippen LogP) is 3.23. The average Bonchev–Trinajstić information content (AvgIpc) is 2.69. The number of nitrogens with zero attached hydrogens (tertiary/aromatic N) is 2. The van der Waals surface area contributed by atoms with Gasteiger partial charge in [-0.1, -0.05) is 13.0 Å². The molecule has 0 saturated carbocycles. The van der Waals surface area contributed by atoms with Crippen molar-refractivity contribution in [2.24, 2.45) is 5.92 Å². The Hall–Kier alpha value is -2.69. The fraction of sp³-hybridized carbons (Fsp3) is 0.300. The van der Waals surface area contributed by atoms with E-state index in [1.165, 1.54) is 22.5 Å². The van der Waals surface area contributed by atoms with Crippen molar-refractivity contribution in [3.8, 4) is 6.07 Å². The molecule has 0 spiro atoms. The van der Waals surface area contributed by atoms with Gasteiger partial charge in [0.1, 0.15) is 0 Å². The molecule has 7 heteroatoms. The minimum Gasteiger partial charge on any atom is -0.322 e. The number of hydrogen-bond donors (Lipinski definition) is 1. The van der Waals surface area contributed by atoms with Crippen molar-refractivity contribution in [1.82, 2.24) is 4.31 Å².